The molecule has 0 aromatic heterocycles. The molecule has 0 bridgehead atoms. The Balaban J connectivity index is 1.93. The van der Waals surface area contributed by atoms with E-state index in [1.54, 1.807) is 42.5 Å². The molecule has 2 rings (SSSR count). The maximum absolute atomic E-state index is 12.1. The molecule has 1 amide bonds. The van der Waals surface area contributed by atoms with Gasteiger partial charge in [-0.1, -0.05) is 24.3 Å². The fourth-order valence-corrected chi connectivity index (χ4v) is 2.14. The van der Waals surface area contributed by atoms with Crippen LogP contribution in [0.15, 0.2) is 48.5 Å². The molecule has 0 fully saturated rings. The van der Waals surface area contributed by atoms with Gasteiger partial charge in [0.25, 0.3) is 0 Å². The van der Waals surface area contributed by atoms with Crippen LogP contribution < -0.4 is 10.6 Å². The van der Waals surface area contributed by atoms with Crippen LogP contribution in [0.25, 0.3) is 0 Å². The standard InChI is InChI=1S/C18H17N3O3/c1-24-18(23)14-7-3-5-9-16(14)21-17(22)10-11-20-15-8-4-2-6-13(15)12-19/h2-9,20H,10-11H2,1H3,(H,21,22). The third-order valence-electron chi connectivity index (χ3n) is 3.32. The Morgan fingerprint density at radius 1 is 1.08 bits per heavy atom. The van der Waals surface area contributed by atoms with Gasteiger partial charge in [0.15, 0.2) is 0 Å². The van der Waals surface area contributed by atoms with Crippen LogP contribution in [0.2, 0.25) is 0 Å². The minimum atomic E-state index is -0.507. The molecule has 0 aliphatic rings. The zero-order valence-electron chi connectivity index (χ0n) is 13.2. The SMILES string of the molecule is COC(=O)c1ccccc1NC(=O)CCNc1ccccc1C#N. The van der Waals surface area contributed by atoms with Crippen LogP contribution in [-0.2, 0) is 9.53 Å². The predicted molar refractivity (Wildman–Crippen MR) is 90.7 cm³/mol. The first-order chi connectivity index (χ1) is 11.7. The molecule has 0 aliphatic heterocycles. The first kappa shape index (κ1) is 17.0. The molecular weight excluding hydrogens is 306 g/mol. The Morgan fingerprint density at radius 3 is 2.46 bits per heavy atom. The minimum absolute atomic E-state index is 0.190. The van der Waals surface area contributed by atoms with Gasteiger partial charge in [-0.05, 0) is 24.3 Å². The van der Waals surface area contributed by atoms with Gasteiger partial charge < -0.3 is 15.4 Å². The second kappa shape index (κ2) is 8.34. The molecule has 0 aliphatic carbocycles. The van der Waals surface area contributed by atoms with Gasteiger partial charge in [-0.3, -0.25) is 4.79 Å². The van der Waals surface area contributed by atoms with Crippen molar-refractivity contribution in [3.8, 4) is 6.07 Å². The highest BCUT2D eigenvalue weighted by atomic mass is 16.5. The highest BCUT2D eigenvalue weighted by molar-refractivity contribution is 6.01. The summed E-state index contributed by atoms with van der Waals surface area (Å²) in [6.45, 7) is 0.366. The fourth-order valence-electron chi connectivity index (χ4n) is 2.14. The molecule has 6 heteroatoms. The van der Waals surface area contributed by atoms with Crippen molar-refractivity contribution in [2.75, 3.05) is 24.3 Å². The Hall–Kier alpha value is -3.33. The largest absolute Gasteiger partial charge is 0.465 e. The summed E-state index contributed by atoms with van der Waals surface area (Å²) in [6, 6.07) is 15.8. The van der Waals surface area contributed by atoms with Crippen molar-refractivity contribution >= 4 is 23.3 Å². The number of benzene rings is 2. The molecule has 0 radical (unpaired) electrons. The fraction of sp³-hybridized carbons (Fsp3) is 0.167. The van der Waals surface area contributed by atoms with Gasteiger partial charge in [0.2, 0.25) is 5.91 Å². The monoisotopic (exact) mass is 323 g/mol. The van der Waals surface area contributed by atoms with E-state index < -0.39 is 5.97 Å². The van der Waals surface area contributed by atoms with E-state index in [-0.39, 0.29) is 12.3 Å². The molecular formula is C18H17N3O3. The summed E-state index contributed by atoms with van der Waals surface area (Å²) in [7, 11) is 1.29. The maximum atomic E-state index is 12.1. The Kier molecular flexibility index (Phi) is 5.92. The van der Waals surface area contributed by atoms with Crippen molar-refractivity contribution in [2.24, 2.45) is 0 Å². The highest BCUT2D eigenvalue weighted by Gasteiger charge is 2.13. The zero-order chi connectivity index (χ0) is 17.4. The Labute approximate surface area is 140 Å². The van der Waals surface area contributed by atoms with Crippen molar-refractivity contribution in [2.45, 2.75) is 6.42 Å². The number of methoxy groups -OCH3 is 1. The Bertz CT molecular complexity index is 781. The molecule has 0 saturated carbocycles. The summed E-state index contributed by atoms with van der Waals surface area (Å²) >= 11 is 0. The molecule has 0 unspecified atom stereocenters. The van der Waals surface area contributed by atoms with Crippen LogP contribution in [-0.4, -0.2) is 25.5 Å². The van der Waals surface area contributed by atoms with E-state index in [2.05, 4.69) is 21.4 Å². The number of nitrogens with one attached hydrogen (secondary N) is 2. The van der Waals surface area contributed by atoms with E-state index in [4.69, 9.17) is 5.26 Å². The number of rotatable bonds is 6. The first-order valence-electron chi connectivity index (χ1n) is 7.36. The molecule has 0 spiro atoms. The molecule has 6 nitrogen and oxygen atoms in total. The number of anilines is 2. The number of carbonyl (C=O) groups excluding carboxylic acids is 2. The van der Waals surface area contributed by atoms with Crippen molar-refractivity contribution in [3.63, 3.8) is 0 Å². The lowest BCUT2D eigenvalue weighted by Crippen LogP contribution is -2.18. The summed E-state index contributed by atoms with van der Waals surface area (Å²) in [6.07, 6.45) is 0.190. The van der Waals surface area contributed by atoms with E-state index in [0.29, 0.717) is 29.0 Å². The lowest BCUT2D eigenvalue weighted by Gasteiger charge is -2.11. The lowest BCUT2D eigenvalue weighted by molar-refractivity contribution is -0.115. The van der Waals surface area contributed by atoms with Gasteiger partial charge in [-0.2, -0.15) is 5.26 Å². The molecule has 0 atom stereocenters. The number of carbonyl (C=O) groups is 2. The van der Waals surface area contributed by atoms with Crippen molar-refractivity contribution in [1.29, 1.82) is 5.26 Å². The van der Waals surface area contributed by atoms with Crippen LogP contribution in [0, 0.1) is 11.3 Å². The van der Waals surface area contributed by atoms with Crippen molar-refractivity contribution in [1.82, 2.24) is 0 Å². The summed E-state index contributed by atoms with van der Waals surface area (Å²) in [5.41, 5.74) is 1.92. The Morgan fingerprint density at radius 2 is 1.75 bits per heavy atom. The van der Waals surface area contributed by atoms with Crippen molar-refractivity contribution in [3.05, 3.63) is 59.7 Å². The number of amides is 1. The van der Waals surface area contributed by atoms with E-state index in [0.717, 1.165) is 0 Å². The third-order valence-corrected chi connectivity index (χ3v) is 3.32. The van der Waals surface area contributed by atoms with Crippen molar-refractivity contribution < 1.29 is 14.3 Å². The highest BCUT2D eigenvalue weighted by Crippen LogP contribution is 2.17. The number of para-hydroxylation sites is 2. The third kappa shape index (κ3) is 4.34. The smallest absolute Gasteiger partial charge is 0.339 e. The van der Waals surface area contributed by atoms with Crippen LogP contribution in [0.4, 0.5) is 11.4 Å². The van der Waals surface area contributed by atoms with E-state index in [1.165, 1.54) is 7.11 Å². The van der Waals surface area contributed by atoms with Gasteiger partial charge in [-0.15, -0.1) is 0 Å². The number of nitrogens with zero attached hydrogens (tertiary/aromatic N) is 1. The average molecular weight is 323 g/mol. The number of nitriles is 1. The van der Waals surface area contributed by atoms with Crippen LogP contribution in [0.5, 0.6) is 0 Å². The van der Waals surface area contributed by atoms with Gasteiger partial charge >= 0.3 is 5.97 Å². The number of hydrogen-bond donors (Lipinski definition) is 2. The quantitative estimate of drug-likeness (QED) is 0.798. The summed E-state index contributed by atoms with van der Waals surface area (Å²) < 4.78 is 4.69. The normalized spacial score (nSPS) is 9.67. The van der Waals surface area contributed by atoms with Crippen LogP contribution in [0.3, 0.4) is 0 Å². The minimum Gasteiger partial charge on any atom is -0.465 e. The second-order valence-corrected chi connectivity index (χ2v) is 4.92. The molecule has 24 heavy (non-hydrogen) atoms. The van der Waals surface area contributed by atoms with Gasteiger partial charge in [0.05, 0.1) is 29.6 Å². The zero-order valence-corrected chi connectivity index (χ0v) is 13.2. The molecule has 2 aromatic rings. The van der Waals surface area contributed by atoms with Crippen LogP contribution >= 0.6 is 0 Å². The first-order valence-corrected chi connectivity index (χ1v) is 7.36. The van der Waals surface area contributed by atoms with Gasteiger partial charge in [-0.25, -0.2) is 4.79 Å². The molecule has 2 N–H and O–H groups in total. The van der Waals surface area contributed by atoms with E-state index >= 15 is 0 Å². The topological polar surface area (TPSA) is 91.2 Å². The van der Waals surface area contributed by atoms with E-state index in [9.17, 15) is 9.59 Å². The molecule has 0 saturated heterocycles. The molecule has 122 valence electrons. The summed E-state index contributed by atoms with van der Waals surface area (Å²) in [5.74, 6) is -0.750. The lowest BCUT2D eigenvalue weighted by atomic mass is 10.1. The average Bonchev–Trinajstić information content (AvgIpc) is 2.62. The van der Waals surface area contributed by atoms with Gasteiger partial charge in [0.1, 0.15) is 6.07 Å². The summed E-state index contributed by atoms with van der Waals surface area (Å²) in [5, 5.41) is 14.8. The number of hydrogen-bond acceptors (Lipinski definition) is 5. The predicted octanol–water partition coefficient (Wildman–Crippen LogP) is 2.79. The van der Waals surface area contributed by atoms with Gasteiger partial charge in [0, 0.05) is 13.0 Å². The number of ether oxygens (including phenoxy) is 1. The number of esters is 1. The second-order valence-electron chi connectivity index (χ2n) is 4.92. The maximum Gasteiger partial charge on any atom is 0.339 e. The molecule has 2 aromatic carbocycles. The molecule has 0 heterocycles. The summed E-state index contributed by atoms with van der Waals surface area (Å²) in [4.78, 5) is 23.7. The van der Waals surface area contributed by atoms with Crippen LogP contribution in [0.1, 0.15) is 22.3 Å². The van der Waals surface area contributed by atoms with E-state index in [1.807, 2.05) is 6.07 Å².